The summed E-state index contributed by atoms with van der Waals surface area (Å²) < 4.78 is 5.87. The number of carbonyl (C=O) groups is 2. The fraction of sp³-hybridized carbons (Fsp3) is 0.407. The highest BCUT2D eigenvalue weighted by atomic mass is 16.5. The molecule has 1 heterocycles. The number of carbonyl (C=O) groups excluding carboxylic acids is 2. The standard InChI is InChI=1S/C27H31NO3/c1-5-18-11-7-9-13-21(18)28-22-16-27(3,4)17-23(29)26(22)20(15-25(28)30)19-12-8-10-14-24(19)31-6-2/h7-14,20H,5-6,15-17H2,1-4H3. The molecule has 1 aliphatic heterocycles. The second-order valence-corrected chi connectivity index (χ2v) is 9.24. The normalized spacial score (nSPS) is 20.6. The first-order chi connectivity index (χ1) is 14.9. The Balaban J connectivity index is 1.93. The van der Waals surface area contributed by atoms with Crippen molar-refractivity contribution in [3.05, 3.63) is 70.9 Å². The average molecular weight is 418 g/mol. The molecule has 1 unspecified atom stereocenters. The Hall–Kier alpha value is -2.88. The summed E-state index contributed by atoms with van der Waals surface area (Å²) in [5.74, 6) is 0.684. The Bertz CT molecular complexity index is 1050. The fourth-order valence-electron chi connectivity index (χ4n) is 5.04. The number of ketones is 1. The third-order valence-corrected chi connectivity index (χ3v) is 6.35. The molecule has 162 valence electrons. The van der Waals surface area contributed by atoms with Gasteiger partial charge in [-0.15, -0.1) is 0 Å². The number of benzene rings is 2. The average Bonchev–Trinajstić information content (AvgIpc) is 2.73. The molecule has 31 heavy (non-hydrogen) atoms. The first-order valence-electron chi connectivity index (χ1n) is 11.2. The molecular weight excluding hydrogens is 386 g/mol. The van der Waals surface area contributed by atoms with Crippen LogP contribution in [0.15, 0.2) is 59.8 Å². The Labute approximate surface area is 184 Å². The first-order valence-corrected chi connectivity index (χ1v) is 11.2. The zero-order valence-electron chi connectivity index (χ0n) is 18.9. The van der Waals surface area contributed by atoms with Gasteiger partial charge in [-0.2, -0.15) is 0 Å². The van der Waals surface area contributed by atoms with E-state index in [4.69, 9.17) is 4.74 Å². The van der Waals surface area contributed by atoms with Gasteiger partial charge < -0.3 is 4.74 Å². The number of para-hydroxylation sites is 2. The third-order valence-electron chi connectivity index (χ3n) is 6.35. The maximum absolute atomic E-state index is 13.6. The molecule has 0 fully saturated rings. The number of ether oxygens (including phenoxy) is 1. The Morgan fingerprint density at radius 2 is 1.71 bits per heavy atom. The van der Waals surface area contributed by atoms with E-state index >= 15 is 0 Å². The van der Waals surface area contributed by atoms with E-state index in [9.17, 15) is 9.59 Å². The van der Waals surface area contributed by atoms with Crippen molar-refractivity contribution in [2.45, 2.75) is 59.3 Å². The lowest BCUT2D eigenvalue weighted by Gasteiger charge is -2.43. The van der Waals surface area contributed by atoms with E-state index in [1.54, 1.807) is 0 Å². The van der Waals surface area contributed by atoms with Crippen molar-refractivity contribution in [3.63, 3.8) is 0 Å². The molecule has 0 radical (unpaired) electrons. The van der Waals surface area contributed by atoms with E-state index in [2.05, 4.69) is 26.8 Å². The molecule has 0 saturated heterocycles. The van der Waals surface area contributed by atoms with Gasteiger partial charge in [0.15, 0.2) is 5.78 Å². The number of amides is 1. The van der Waals surface area contributed by atoms with Gasteiger partial charge in [-0.3, -0.25) is 14.5 Å². The number of aryl methyl sites for hydroxylation is 1. The van der Waals surface area contributed by atoms with Crippen LogP contribution in [0.2, 0.25) is 0 Å². The molecule has 4 heteroatoms. The number of hydrogen-bond acceptors (Lipinski definition) is 3. The summed E-state index contributed by atoms with van der Waals surface area (Å²) in [5.41, 5.74) is 4.43. The summed E-state index contributed by atoms with van der Waals surface area (Å²) >= 11 is 0. The Morgan fingerprint density at radius 3 is 2.45 bits per heavy atom. The van der Waals surface area contributed by atoms with Crippen molar-refractivity contribution >= 4 is 17.4 Å². The van der Waals surface area contributed by atoms with Gasteiger partial charge in [0.25, 0.3) is 0 Å². The van der Waals surface area contributed by atoms with Gasteiger partial charge in [-0.1, -0.05) is 57.2 Å². The monoisotopic (exact) mass is 417 g/mol. The summed E-state index contributed by atoms with van der Waals surface area (Å²) in [6.45, 7) is 8.81. The molecule has 1 aliphatic carbocycles. The zero-order valence-corrected chi connectivity index (χ0v) is 18.9. The summed E-state index contributed by atoms with van der Waals surface area (Å²) in [6.07, 6.45) is 2.30. The third kappa shape index (κ3) is 3.91. The molecular formula is C27H31NO3. The van der Waals surface area contributed by atoms with Crippen molar-refractivity contribution in [2.75, 3.05) is 11.5 Å². The first kappa shape index (κ1) is 21.4. The Kier molecular flexibility index (Phi) is 5.74. The van der Waals surface area contributed by atoms with Crippen LogP contribution >= 0.6 is 0 Å². The minimum Gasteiger partial charge on any atom is -0.494 e. The predicted octanol–water partition coefficient (Wildman–Crippen LogP) is 5.81. The number of hydrogen-bond donors (Lipinski definition) is 0. The highest BCUT2D eigenvalue weighted by molar-refractivity contribution is 6.08. The van der Waals surface area contributed by atoms with Crippen molar-refractivity contribution < 1.29 is 14.3 Å². The Morgan fingerprint density at radius 1 is 1.00 bits per heavy atom. The number of anilines is 1. The van der Waals surface area contributed by atoms with E-state index in [-0.39, 0.29) is 29.4 Å². The lowest BCUT2D eigenvalue weighted by Crippen LogP contribution is -2.44. The van der Waals surface area contributed by atoms with Gasteiger partial charge in [-0.25, -0.2) is 0 Å². The van der Waals surface area contributed by atoms with E-state index in [0.29, 0.717) is 19.4 Å². The molecule has 0 bridgehead atoms. The number of nitrogens with zero attached hydrogens (tertiary/aromatic N) is 1. The van der Waals surface area contributed by atoms with Crippen molar-refractivity contribution in [1.82, 2.24) is 0 Å². The van der Waals surface area contributed by atoms with Crippen LogP contribution < -0.4 is 9.64 Å². The summed E-state index contributed by atoms with van der Waals surface area (Å²) in [5, 5.41) is 0. The van der Waals surface area contributed by atoms with Crippen LogP contribution in [0.4, 0.5) is 5.69 Å². The molecule has 2 aromatic carbocycles. The van der Waals surface area contributed by atoms with Crippen LogP contribution in [0.25, 0.3) is 0 Å². The molecule has 1 atom stereocenters. The second-order valence-electron chi connectivity index (χ2n) is 9.24. The molecule has 4 rings (SSSR count). The van der Waals surface area contributed by atoms with E-state index in [0.717, 1.165) is 40.3 Å². The number of rotatable bonds is 5. The molecule has 2 aromatic rings. The van der Waals surface area contributed by atoms with Gasteiger partial charge in [-0.05, 0) is 42.9 Å². The van der Waals surface area contributed by atoms with Gasteiger partial charge in [0.2, 0.25) is 5.91 Å². The van der Waals surface area contributed by atoms with E-state index in [1.165, 1.54) is 0 Å². The lowest BCUT2D eigenvalue weighted by molar-refractivity contribution is -0.121. The molecule has 0 saturated carbocycles. The van der Waals surface area contributed by atoms with Crippen LogP contribution in [0.5, 0.6) is 5.75 Å². The lowest BCUT2D eigenvalue weighted by atomic mass is 9.69. The van der Waals surface area contributed by atoms with Crippen molar-refractivity contribution in [3.8, 4) is 5.75 Å². The smallest absolute Gasteiger partial charge is 0.232 e. The summed E-state index contributed by atoms with van der Waals surface area (Å²) in [4.78, 5) is 29.0. The molecule has 2 aliphatic rings. The molecule has 4 nitrogen and oxygen atoms in total. The van der Waals surface area contributed by atoms with Gasteiger partial charge in [0.1, 0.15) is 5.75 Å². The quantitative estimate of drug-likeness (QED) is 0.617. The molecule has 0 N–H and O–H groups in total. The maximum Gasteiger partial charge on any atom is 0.232 e. The maximum atomic E-state index is 13.6. The van der Waals surface area contributed by atoms with Crippen LogP contribution in [-0.4, -0.2) is 18.3 Å². The highest BCUT2D eigenvalue weighted by Gasteiger charge is 2.45. The fourth-order valence-corrected chi connectivity index (χ4v) is 5.04. The summed E-state index contributed by atoms with van der Waals surface area (Å²) in [6, 6.07) is 15.9. The van der Waals surface area contributed by atoms with Gasteiger partial charge in [0, 0.05) is 35.6 Å². The number of Topliss-reactive ketones (excluding diaryl/α,β-unsaturated/α-hetero) is 1. The van der Waals surface area contributed by atoms with Gasteiger partial charge >= 0.3 is 0 Å². The number of allylic oxidation sites excluding steroid dienone is 2. The van der Waals surface area contributed by atoms with Crippen LogP contribution in [0, 0.1) is 5.41 Å². The minimum atomic E-state index is -0.265. The van der Waals surface area contributed by atoms with Crippen molar-refractivity contribution in [1.29, 1.82) is 0 Å². The largest absolute Gasteiger partial charge is 0.494 e. The second kappa shape index (κ2) is 8.33. The van der Waals surface area contributed by atoms with Crippen LogP contribution in [0.3, 0.4) is 0 Å². The van der Waals surface area contributed by atoms with Crippen LogP contribution in [0.1, 0.15) is 64.0 Å². The zero-order chi connectivity index (χ0) is 22.2. The highest BCUT2D eigenvalue weighted by Crippen LogP contribution is 2.49. The van der Waals surface area contributed by atoms with E-state index < -0.39 is 0 Å². The SMILES string of the molecule is CCOc1ccccc1C1CC(=O)N(c2ccccc2CC)C2=C1C(=O)CC(C)(C)C2. The minimum absolute atomic E-state index is 0.0430. The topological polar surface area (TPSA) is 46.6 Å². The van der Waals surface area contributed by atoms with E-state index in [1.807, 2.05) is 54.3 Å². The molecule has 1 amide bonds. The molecule has 0 spiro atoms. The predicted molar refractivity (Wildman–Crippen MR) is 123 cm³/mol. The van der Waals surface area contributed by atoms with Crippen molar-refractivity contribution in [2.24, 2.45) is 5.41 Å². The van der Waals surface area contributed by atoms with Gasteiger partial charge in [0.05, 0.1) is 12.3 Å². The summed E-state index contributed by atoms with van der Waals surface area (Å²) in [7, 11) is 0. The van der Waals surface area contributed by atoms with Crippen LogP contribution in [-0.2, 0) is 16.0 Å². The molecule has 0 aromatic heterocycles.